The number of amides is 3. The lowest BCUT2D eigenvalue weighted by Gasteiger charge is -2.32. The van der Waals surface area contributed by atoms with Gasteiger partial charge in [0.2, 0.25) is 11.8 Å². The highest BCUT2D eigenvalue weighted by atomic mass is 16.6. The lowest BCUT2D eigenvalue weighted by Crippen LogP contribution is -2.52. The second-order valence-electron chi connectivity index (χ2n) is 7.95. The van der Waals surface area contributed by atoms with Crippen molar-refractivity contribution in [2.45, 2.75) is 52.3 Å². The number of ether oxygens (including phenoxy) is 2. The molecule has 0 saturated heterocycles. The van der Waals surface area contributed by atoms with E-state index in [-0.39, 0.29) is 13.1 Å². The molecule has 2 N–H and O–H groups in total. The molecule has 174 valence electrons. The topological polar surface area (TPSA) is 114 Å². The summed E-state index contributed by atoms with van der Waals surface area (Å²) in [6.45, 7) is 8.13. The van der Waals surface area contributed by atoms with Gasteiger partial charge in [-0.05, 0) is 52.3 Å². The maximum Gasteiger partial charge on any atom is 0.408 e. The number of methoxy groups -OCH3 is 1. The maximum atomic E-state index is 13.2. The number of hydrogen-bond donors (Lipinski definition) is 2. The van der Waals surface area contributed by atoms with Gasteiger partial charge < -0.3 is 25.0 Å². The average molecular weight is 446 g/mol. The molecule has 2 unspecified atom stereocenters. The Hall–Kier alpha value is -3.54. The molecule has 1 aromatic rings. The van der Waals surface area contributed by atoms with Crippen molar-refractivity contribution in [1.82, 2.24) is 15.5 Å². The Balaban J connectivity index is 3.18. The normalized spacial score (nSPS) is 12.5. The first-order valence-electron chi connectivity index (χ1n) is 10.1. The summed E-state index contributed by atoms with van der Waals surface area (Å²) in [5.74, 6) is 0.778. The van der Waals surface area contributed by atoms with Crippen molar-refractivity contribution in [1.29, 1.82) is 0 Å². The fourth-order valence-corrected chi connectivity index (χ4v) is 2.82. The lowest BCUT2D eigenvalue weighted by molar-refractivity contribution is -0.144. The standard InChI is InChI=1S/C23H31N3O6/c1-8-16-10-12-17(13-11-16)19(20(28)24-14-18(27)31-7)26(9-2)21(29)15(3)25-22(30)32-23(4,5)6/h1,10-13,15,19H,9,14H2,2-7H3,(H,24,28)(H,25,30). The van der Waals surface area contributed by atoms with Crippen LogP contribution in [0.15, 0.2) is 24.3 Å². The third-order valence-corrected chi connectivity index (χ3v) is 4.32. The molecule has 1 rings (SSSR count). The number of rotatable bonds is 8. The Morgan fingerprint density at radius 3 is 2.22 bits per heavy atom. The van der Waals surface area contributed by atoms with E-state index in [1.165, 1.54) is 18.9 Å². The summed E-state index contributed by atoms with van der Waals surface area (Å²) in [4.78, 5) is 51.0. The van der Waals surface area contributed by atoms with Gasteiger partial charge in [-0.15, -0.1) is 6.42 Å². The second kappa shape index (κ2) is 11.7. The third-order valence-electron chi connectivity index (χ3n) is 4.32. The maximum absolute atomic E-state index is 13.2. The number of terminal acetylenes is 1. The van der Waals surface area contributed by atoms with Gasteiger partial charge in [-0.1, -0.05) is 18.1 Å². The molecule has 0 spiro atoms. The minimum absolute atomic E-state index is 0.159. The van der Waals surface area contributed by atoms with Crippen molar-refractivity contribution in [2.24, 2.45) is 0 Å². The van der Waals surface area contributed by atoms with Gasteiger partial charge in [0.25, 0.3) is 0 Å². The first kappa shape index (κ1) is 26.5. The molecule has 0 saturated carbocycles. The summed E-state index contributed by atoms with van der Waals surface area (Å²) in [7, 11) is 1.20. The highest BCUT2D eigenvalue weighted by Crippen LogP contribution is 2.23. The zero-order valence-corrected chi connectivity index (χ0v) is 19.4. The zero-order valence-electron chi connectivity index (χ0n) is 19.4. The molecule has 0 aliphatic heterocycles. The SMILES string of the molecule is C#Cc1ccc(C(C(=O)NCC(=O)OC)N(CC)C(=O)C(C)NC(=O)OC(C)(C)C)cc1. The molecule has 0 aromatic heterocycles. The Kier molecular flexibility index (Phi) is 9.72. The fourth-order valence-electron chi connectivity index (χ4n) is 2.82. The fraction of sp³-hybridized carbons (Fsp3) is 0.478. The molecule has 9 nitrogen and oxygen atoms in total. The van der Waals surface area contributed by atoms with Crippen LogP contribution < -0.4 is 10.6 Å². The van der Waals surface area contributed by atoms with Crippen LogP contribution in [0.1, 0.15) is 51.8 Å². The summed E-state index contributed by atoms with van der Waals surface area (Å²) in [6.07, 6.45) is 4.65. The molecule has 2 atom stereocenters. The first-order valence-corrected chi connectivity index (χ1v) is 10.1. The summed E-state index contributed by atoms with van der Waals surface area (Å²) < 4.78 is 9.75. The molecule has 0 aliphatic carbocycles. The quantitative estimate of drug-likeness (QED) is 0.466. The van der Waals surface area contributed by atoms with Crippen LogP contribution >= 0.6 is 0 Å². The van der Waals surface area contributed by atoms with Crippen molar-refractivity contribution >= 4 is 23.9 Å². The molecule has 9 heteroatoms. The van der Waals surface area contributed by atoms with Gasteiger partial charge in [-0.2, -0.15) is 0 Å². The van der Waals surface area contributed by atoms with E-state index in [2.05, 4.69) is 21.3 Å². The number of carbonyl (C=O) groups is 4. The number of alkyl carbamates (subject to hydrolysis) is 1. The number of benzene rings is 1. The number of carbonyl (C=O) groups excluding carboxylic acids is 4. The van der Waals surface area contributed by atoms with Crippen LogP contribution in [0, 0.1) is 12.3 Å². The van der Waals surface area contributed by atoms with E-state index < -0.39 is 41.6 Å². The molecule has 0 bridgehead atoms. The van der Waals surface area contributed by atoms with Gasteiger partial charge in [-0.3, -0.25) is 14.4 Å². The van der Waals surface area contributed by atoms with Gasteiger partial charge in [0, 0.05) is 12.1 Å². The second-order valence-corrected chi connectivity index (χ2v) is 7.95. The number of esters is 1. The van der Waals surface area contributed by atoms with E-state index in [4.69, 9.17) is 11.2 Å². The number of hydrogen-bond acceptors (Lipinski definition) is 6. The van der Waals surface area contributed by atoms with Gasteiger partial charge >= 0.3 is 12.1 Å². The average Bonchev–Trinajstić information content (AvgIpc) is 2.73. The summed E-state index contributed by atoms with van der Waals surface area (Å²) >= 11 is 0. The lowest BCUT2D eigenvalue weighted by atomic mass is 10.0. The Morgan fingerprint density at radius 1 is 1.16 bits per heavy atom. The van der Waals surface area contributed by atoms with Crippen LogP contribution in [-0.4, -0.2) is 60.6 Å². The van der Waals surface area contributed by atoms with Crippen molar-refractivity contribution < 1.29 is 28.7 Å². The monoisotopic (exact) mass is 445 g/mol. The summed E-state index contributed by atoms with van der Waals surface area (Å²) in [5.41, 5.74) is 0.370. The van der Waals surface area contributed by atoms with Gasteiger partial charge in [0.1, 0.15) is 24.2 Å². The van der Waals surface area contributed by atoms with E-state index in [9.17, 15) is 19.2 Å². The van der Waals surface area contributed by atoms with E-state index in [0.717, 1.165) is 0 Å². The smallest absolute Gasteiger partial charge is 0.408 e. The van der Waals surface area contributed by atoms with E-state index in [0.29, 0.717) is 11.1 Å². The Morgan fingerprint density at radius 2 is 1.75 bits per heavy atom. The first-order chi connectivity index (χ1) is 14.9. The van der Waals surface area contributed by atoms with Crippen molar-refractivity contribution in [2.75, 3.05) is 20.2 Å². The Labute approximate surface area is 188 Å². The van der Waals surface area contributed by atoms with Gasteiger partial charge in [-0.25, -0.2) is 4.79 Å². The molecule has 0 heterocycles. The van der Waals surface area contributed by atoms with Gasteiger partial charge in [0.05, 0.1) is 7.11 Å². The van der Waals surface area contributed by atoms with Crippen LogP contribution in [-0.2, 0) is 23.9 Å². The van der Waals surface area contributed by atoms with E-state index >= 15 is 0 Å². The minimum Gasteiger partial charge on any atom is -0.468 e. The minimum atomic E-state index is -1.06. The molecule has 3 amide bonds. The Bertz CT molecular complexity index is 867. The van der Waals surface area contributed by atoms with Crippen LogP contribution in [0.2, 0.25) is 0 Å². The highest BCUT2D eigenvalue weighted by Gasteiger charge is 2.34. The molecule has 1 aromatic carbocycles. The molecule has 32 heavy (non-hydrogen) atoms. The van der Waals surface area contributed by atoms with Crippen molar-refractivity contribution in [3.63, 3.8) is 0 Å². The molecule has 0 fully saturated rings. The molecular weight excluding hydrogens is 414 g/mol. The number of likely N-dealkylation sites (N-methyl/N-ethyl adjacent to an activating group) is 1. The van der Waals surface area contributed by atoms with Crippen molar-refractivity contribution in [3.05, 3.63) is 35.4 Å². The summed E-state index contributed by atoms with van der Waals surface area (Å²) in [6, 6.07) is 4.55. The van der Waals surface area contributed by atoms with Crippen molar-refractivity contribution in [3.8, 4) is 12.3 Å². The third kappa shape index (κ3) is 7.95. The summed E-state index contributed by atoms with van der Waals surface area (Å²) in [5, 5.41) is 4.97. The molecule has 0 aliphatic rings. The highest BCUT2D eigenvalue weighted by molar-refractivity contribution is 5.93. The van der Waals surface area contributed by atoms with Crippen LogP contribution in [0.4, 0.5) is 4.79 Å². The largest absolute Gasteiger partial charge is 0.468 e. The number of nitrogens with one attached hydrogen (secondary N) is 2. The van der Waals surface area contributed by atoms with Crippen LogP contribution in [0.3, 0.4) is 0 Å². The molecular formula is C23H31N3O6. The number of nitrogens with zero attached hydrogens (tertiary/aromatic N) is 1. The molecule has 0 radical (unpaired) electrons. The van der Waals surface area contributed by atoms with Crippen LogP contribution in [0.25, 0.3) is 0 Å². The predicted molar refractivity (Wildman–Crippen MR) is 118 cm³/mol. The zero-order chi connectivity index (χ0) is 24.5. The predicted octanol–water partition coefficient (Wildman–Crippen LogP) is 1.76. The van der Waals surface area contributed by atoms with Gasteiger partial charge in [0.15, 0.2) is 0 Å². The van der Waals surface area contributed by atoms with E-state index in [1.54, 1.807) is 52.0 Å². The van der Waals surface area contributed by atoms with Crippen LogP contribution in [0.5, 0.6) is 0 Å². The van der Waals surface area contributed by atoms with E-state index in [1.807, 2.05) is 0 Å².